The largest absolute Gasteiger partial charge is 0.759 e. The molecule has 0 aromatic heterocycles. The van der Waals surface area contributed by atoms with Crippen molar-refractivity contribution in [2.75, 3.05) is 66.5 Å². The van der Waals surface area contributed by atoms with E-state index in [0.29, 0.717) is 0 Å². The van der Waals surface area contributed by atoms with Gasteiger partial charge in [-0.1, -0.05) is 13.2 Å². The number of nitrogens with zero attached hydrogens (tertiary/aromatic N) is 2. The van der Waals surface area contributed by atoms with Gasteiger partial charge in [-0.25, -0.2) is 0 Å². The number of carbonyl (C=O) groups is 2. The van der Waals surface area contributed by atoms with Crippen molar-refractivity contribution in [2.24, 2.45) is 0 Å². The Hall–Kier alpha value is -1.79. The maximum absolute atomic E-state index is 10.8. The summed E-state index contributed by atoms with van der Waals surface area (Å²) in [4.78, 5) is 21.7. The fraction of sp³-hybridized carbons (Fsp3) is 0.727. The second kappa shape index (κ2) is 19.7. The predicted octanol–water partition coefficient (Wildman–Crippen LogP) is 0.992. The van der Waals surface area contributed by atoms with Gasteiger partial charge in [0.1, 0.15) is 0 Å². The summed E-state index contributed by atoms with van der Waals surface area (Å²) in [5.41, 5.74) is 0. The molecule has 0 aliphatic carbocycles. The molecule has 0 spiro atoms. The van der Waals surface area contributed by atoms with Gasteiger partial charge in [0.25, 0.3) is 0 Å². The first-order chi connectivity index (χ1) is 15.2. The van der Waals surface area contributed by atoms with Crippen LogP contribution in [0.1, 0.15) is 40.5 Å². The minimum absolute atomic E-state index is 0.0767. The highest BCUT2D eigenvalue weighted by molar-refractivity contribution is 7.79. The van der Waals surface area contributed by atoms with Crippen molar-refractivity contribution in [3.05, 3.63) is 25.3 Å². The van der Waals surface area contributed by atoms with Gasteiger partial charge in [-0.3, -0.25) is 18.0 Å². The van der Waals surface area contributed by atoms with Crippen molar-refractivity contribution >= 4 is 22.2 Å². The molecule has 0 unspecified atom stereocenters. The number of amides is 2. The van der Waals surface area contributed by atoms with Crippen LogP contribution in [-0.2, 0) is 20.0 Å². The van der Waals surface area contributed by atoms with E-state index in [4.69, 9.17) is 17.5 Å². The fourth-order valence-corrected chi connectivity index (χ4v) is 2.57. The molecule has 0 aliphatic rings. The molecule has 0 bridgehead atoms. The van der Waals surface area contributed by atoms with E-state index in [9.17, 15) is 9.59 Å². The molecular weight excluding hydrogens is 448 g/mol. The Morgan fingerprint density at radius 1 is 0.758 bits per heavy atom. The number of nitrogens with one attached hydrogen (secondary N) is 2. The van der Waals surface area contributed by atoms with Gasteiger partial charge >= 0.3 is 0 Å². The van der Waals surface area contributed by atoms with E-state index < -0.39 is 10.4 Å². The summed E-state index contributed by atoms with van der Waals surface area (Å²) in [6.07, 6.45) is 4.68. The molecule has 0 atom stereocenters. The standard InChI is InChI=1S/2C11H22N2O.H2O4S/c2*1-5-11(14)12-9-8-10-13(4,6-2)7-3;1-5(2,3)4/h2*5H,1,6-10H2,2-4H3;(H2,1,2,3,4). The number of hydrogen-bond donors (Lipinski definition) is 2. The van der Waals surface area contributed by atoms with Gasteiger partial charge < -0.3 is 28.7 Å². The average molecular weight is 495 g/mol. The lowest BCUT2D eigenvalue weighted by atomic mass is 10.3. The first-order valence-corrected chi connectivity index (χ1v) is 12.6. The van der Waals surface area contributed by atoms with Crippen molar-refractivity contribution in [3.63, 3.8) is 0 Å². The molecule has 0 rings (SSSR count). The summed E-state index contributed by atoms with van der Waals surface area (Å²) in [7, 11) is -0.676. The molecule has 0 fully saturated rings. The molecule has 2 amide bonds. The number of hydrogen-bond acceptors (Lipinski definition) is 6. The molecule has 0 aromatic carbocycles. The Balaban J connectivity index is -0.000000453. The zero-order valence-electron chi connectivity index (χ0n) is 21.4. The van der Waals surface area contributed by atoms with E-state index in [2.05, 4.69) is 65.6 Å². The lowest BCUT2D eigenvalue weighted by molar-refractivity contribution is -0.906. The van der Waals surface area contributed by atoms with Crippen LogP contribution in [0.15, 0.2) is 25.3 Å². The van der Waals surface area contributed by atoms with Crippen LogP contribution in [0.5, 0.6) is 0 Å². The Bertz CT molecular complexity index is 610. The molecule has 11 heteroatoms. The zero-order valence-corrected chi connectivity index (χ0v) is 22.2. The molecule has 0 radical (unpaired) electrons. The van der Waals surface area contributed by atoms with E-state index in [0.717, 1.165) is 74.2 Å². The van der Waals surface area contributed by atoms with Gasteiger partial charge in [-0.15, -0.1) is 0 Å². The van der Waals surface area contributed by atoms with Crippen molar-refractivity contribution in [2.45, 2.75) is 40.5 Å². The average Bonchev–Trinajstić information content (AvgIpc) is 2.78. The molecule has 0 aliphatic heterocycles. The second-order valence-electron chi connectivity index (χ2n) is 8.06. The van der Waals surface area contributed by atoms with E-state index in [-0.39, 0.29) is 11.8 Å². The summed E-state index contributed by atoms with van der Waals surface area (Å²) < 4.78 is 36.2. The minimum atomic E-state index is -5.17. The maximum Gasteiger partial charge on any atom is 0.243 e. The Morgan fingerprint density at radius 2 is 1.00 bits per heavy atom. The topological polar surface area (TPSA) is 138 Å². The van der Waals surface area contributed by atoms with Crippen molar-refractivity contribution < 1.29 is 36.1 Å². The van der Waals surface area contributed by atoms with Gasteiger partial charge in [-0.05, 0) is 39.8 Å². The first-order valence-electron chi connectivity index (χ1n) is 11.3. The van der Waals surface area contributed by atoms with Crippen LogP contribution in [0.4, 0.5) is 0 Å². The molecule has 33 heavy (non-hydrogen) atoms. The normalized spacial score (nSPS) is 11.2. The third-order valence-corrected chi connectivity index (χ3v) is 5.77. The van der Waals surface area contributed by atoms with Crippen molar-refractivity contribution in [1.82, 2.24) is 10.6 Å². The lowest BCUT2D eigenvalue weighted by Crippen LogP contribution is -2.45. The monoisotopic (exact) mass is 494 g/mol. The quantitative estimate of drug-likeness (QED) is 0.121. The summed E-state index contributed by atoms with van der Waals surface area (Å²) in [6.45, 7) is 23.9. The van der Waals surface area contributed by atoms with Crippen LogP contribution in [0, 0.1) is 0 Å². The fourth-order valence-electron chi connectivity index (χ4n) is 2.57. The molecule has 196 valence electrons. The molecule has 0 heterocycles. The van der Waals surface area contributed by atoms with Gasteiger partial charge in [0, 0.05) is 36.3 Å². The predicted molar refractivity (Wildman–Crippen MR) is 130 cm³/mol. The molecule has 0 aromatic rings. The Morgan fingerprint density at radius 3 is 1.18 bits per heavy atom. The highest BCUT2D eigenvalue weighted by Gasteiger charge is 2.15. The van der Waals surface area contributed by atoms with Crippen molar-refractivity contribution in [3.8, 4) is 0 Å². The Kier molecular flexibility index (Phi) is 21.3. The van der Waals surface area contributed by atoms with Gasteiger partial charge in [0.15, 0.2) is 0 Å². The van der Waals surface area contributed by atoms with Crippen LogP contribution >= 0.6 is 0 Å². The molecular formula is C22H46N4O6S. The first kappa shape index (κ1) is 35.8. The summed E-state index contributed by atoms with van der Waals surface area (Å²) in [5.74, 6) is -0.153. The summed E-state index contributed by atoms with van der Waals surface area (Å²) >= 11 is 0. The molecule has 2 N–H and O–H groups in total. The highest BCUT2D eigenvalue weighted by Crippen LogP contribution is 2.02. The smallest absolute Gasteiger partial charge is 0.243 e. The zero-order chi connectivity index (χ0) is 26.6. The van der Waals surface area contributed by atoms with E-state index in [1.54, 1.807) is 0 Å². The highest BCUT2D eigenvalue weighted by atomic mass is 32.3. The summed E-state index contributed by atoms with van der Waals surface area (Å²) in [5, 5.41) is 5.57. The molecule has 10 nitrogen and oxygen atoms in total. The molecule has 0 saturated heterocycles. The van der Waals surface area contributed by atoms with E-state index >= 15 is 0 Å². The van der Waals surface area contributed by atoms with E-state index in [1.165, 1.54) is 12.2 Å². The maximum atomic E-state index is 10.8. The van der Waals surface area contributed by atoms with Crippen LogP contribution in [0.25, 0.3) is 0 Å². The third-order valence-electron chi connectivity index (χ3n) is 5.77. The summed E-state index contributed by atoms with van der Waals surface area (Å²) in [6, 6.07) is 0. The number of rotatable bonds is 14. The SMILES string of the molecule is C=CC(=O)NCCC[N+](C)(CC)CC.C=CC(=O)NCCC[N+](C)(CC)CC.O=S(=O)([O-])[O-]. The molecule has 0 saturated carbocycles. The van der Waals surface area contributed by atoms with Gasteiger partial charge in [-0.2, -0.15) is 0 Å². The van der Waals surface area contributed by atoms with Crippen LogP contribution in [0.3, 0.4) is 0 Å². The van der Waals surface area contributed by atoms with Crippen LogP contribution < -0.4 is 10.6 Å². The van der Waals surface area contributed by atoms with Crippen molar-refractivity contribution in [1.29, 1.82) is 0 Å². The van der Waals surface area contributed by atoms with Gasteiger partial charge in [0.2, 0.25) is 11.8 Å². The van der Waals surface area contributed by atoms with Crippen LogP contribution in [-0.4, -0.2) is 105 Å². The number of carbonyl (C=O) groups excluding carboxylic acids is 2. The minimum Gasteiger partial charge on any atom is -0.759 e. The lowest BCUT2D eigenvalue weighted by Gasteiger charge is -2.32. The van der Waals surface area contributed by atoms with E-state index in [1.807, 2.05) is 0 Å². The second-order valence-corrected chi connectivity index (χ2v) is 8.87. The van der Waals surface area contributed by atoms with Crippen LogP contribution in [0.2, 0.25) is 0 Å². The number of quaternary nitrogens is 2. The Labute approximate surface area is 201 Å². The van der Waals surface area contributed by atoms with Gasteiger partial charge in [0.05, 0.1) is 53.4 Å². The third kappa shape index (κ3) is 26.3.